The molecule has 182 valence electrons. The van der Waals surface area contributed by atoms with E-state index in [0.717, 1.165) is 5.56 Å². The minimum Gasteiger partial charge on any atom is -0.497 e. The third kappa shape index (κ3) is 7.04. The minimum absolute atomic E-state index is 0.0265. The number of carbonyl (C=O) groups is 2. The van der Waals surface area contributed by atoms with Crippen LogP contribution in [0.25, 0.3) is 0 Å². The van der Waals surface area contributed by atoms with Crippen molar-refractivity contribution >= 4 is 40.5 Å². The van der Waals surface area contributed by atoms with Gasteiger partial charge in [0.25, 0.3) is 11.8 Å². The number of hydrogen-bond acceptors (Lipinski definition) is 5. The molecule has 0 aliphatic heterocycles. The van der Waals surface area contributed by atoms with Gasteiger partial charge in [-0.05, 0) is 71.7 Å². The Bertz CT molecular complexity index is 1190. The van der Waals surface area contributed by atoms with E-state index < -0.39 is 5.91 Å². The summed E-state index contributed by atoms with van der Waals surface area (Å²) in [6.45, 7) is 6.39. The Balaban J connectivity index is 1.57. The van der Waals surface area contributed by atoms with E-state index >= 15 is 0 Å². The van der Waals surface area contributed by atoms with E-state index in [9.17, 15) is 9.59 Å². The van der Waals surface area contributed by atoms with E-state index in [1.54, 1.807) is 42.5 Å². The number of ether oxygens (including phenoxy) is 2. The lowest BCUT2D eigenvalue weighted by atomic mass is 9.87. The van der Waals surface area contributed by atoms with Gasteiger partial charge >= 0.3 is 0 Å². The van der Waals surface area contributed by atoms with Crippen LogP contribution < -0.4 is 25.4 Å². The summed E-state index contributed by atoms with van der Waals surface area (Å²) in [5.41, 5.74) is 3.42. The second-order valence-corrected chi connectivity index (χ2v) is 9.28. The Hall–Kier alpha value is -3.91. The summed E-state index contributed by atoms with van der Waals surface area (Å²) in [6, 6.07) is 19.5. The van der Waals surface area contributed by atoms with E-state index in [4.69, 9.17) is 21.7 Å². The summed E-state index contributed by atoms with van der Waals surface area (Å²) in [5.74, 6) is 0.399. The first-order valence-corrected chi connectivity index (χ1v) is 11.4. The topological polar surface area (TPSA) is 88.7 Å². The van der Waals surface area contributed by atoms with E-state index in [-0.39, 0.29) is 16.4 Å². The molecule has 7 nitrogen and oxygen atoms in total. The number of amides is 2. The van der Waals surface area contributed by atoms with Gasteiger partial charge < -0.3 is 20.1 Å². The lowest BCUT2D eigenvalue weighted by Gasteiger charge is -2.19. The Morgan fingerprint density at radius 1 is 0.714 bits per heavy atom. The number of carbonyl (C=O) groups excluding carboxylic acids is 2. The van der Waals surface area contributed by atoms with Gasteiger partial charge in [-0.15, -0.1) is 0 Å². The number of rotatable bonds is 6. The molecule has 0 unspecified atom stereocenters. The van der Waals surface area contributed by atoms with Gasteiger partial charge in [0, 0.05) is 28.6 Å². The fourth-order valence-electron chi connectivity index (χ4n) is 3.24. The van der Waals surface area contributed by atoms with Gasteiger partial charge in [-0.1, -0.05) is 32.9 Å². The summed E-state index contributed by atoms with van der Waals surface area (Å²) in [5, 5.41) is 8.60. The Labute approximate surface area is 210 Å². The zero-order valence-electron chi connectivity index (χ0n) is 20.4. The van der Waals surface area contributed by atoms with Crippen LogP contribution in [0.2, 0.25) is 0 Å². The lowest BCUT2D eigenvalue weighted by molar-refractivity contribution is 0.0975. The average molecular weight is 492 g/mol. The molecule has 8 heteroatoms. The number of benzene rings is 3. The highest BCUT2D eigenvalue weighted by Crippen LogP contribution is 2.24. The van der Waals surface area contributed by atoms with Gasteiger partial charge in [0.2, 0.25) is 0 Å². The fraction of sp³-hybridized carbons (Fsp3) is 0.222. The molecular formula is C27H29N3O4S. The van der Waals surface area contributed by atoms with Gasteiger partial charge in [0.1, 0.15) is 11.5 Å². The third-order valence-electron chi connectivity index (χ3n) is 5.25. The highest BCUT2D eigenvalue weighted by molar-refractivity contribution is 7.80. The van der Waals surface area contributed by atoms with Crippen molar-refractivity contribution in [1.29, 1.82) is 0 Å². The van der Waals surface area contributed by atoms with Crippen LogP contribution in [0.3, 0.4) is 0 Å². The van der Waals surface area contributed by atoms with Crippen LogP contribution in [0.5, 0.6) is 11.5 Å². The lowest BCUT2D eigenvalue weighted by Crippen LogP contribution is -2.34. The Morgan fingerprint density at radius 3 is 1.71 bits per heavy atom. The maximum absolute atomic E-state index is 12.6. The highest BCUT2D eigenvalue weighted by Gasteiger charge is 2.15. The smallest absolute Gasteiger partial charge is 0.257 e. The van der Waals surface area contributed by atoms with E-state index in [0.29, 0.717) is 34.0 Å². The minimum atomic E-state index is -0.402. The van der Waals surface area contributed by atoms with Crippen molar-refractivity contribution in [3.8, 4) is 11.5 Å². The molecule has 0 fully saturated rings. The highest BCUT2D eigenvalue weighted by atomic mass is 32.1. The van der Waals surface area contributed by atoms with Crippen LogP contribution in [0.15, 0.2) is 66.7 Å². The zero-order valence-corrected chi connectivity index (χ0v) is 21.2. The molecule has 0 radical (unpaired) electrons. The van der Waals surface area contributed by atoms with Crippen LogP contribution >= 0.6 is 12.2 Å². The molecule has 0 bridgehead atoms. The van der Waals surface area contributed by atoms with Crippen molar-refractivity contribution in [2.24, 2.45) is 0 Å². The van der Waals surface area contributed by atoms with Crippen LogP contribution in [0.4, 0.5) is 11.4 Å². The average Bonchev–Trinajstić information content (AvgIpc) is 2.84. The molecule has 35 heavy (non-hydrogen) atoms. The molecule has 3 aromatic carbocycles. The third-order valence-corrected chi connectivity index (χ3v) is 5.46. The first-order valence-electron chi connectivity index (χ1n) is 11.0. The zero-order chi connectivity index (χ0) is 25.6. The van der Waals surface area contributed by atoms with E-state index in [2.05, 4.69) is 36.7 Å². The molecule has 0 aromatic heterocycles. The predicted octanol–water partition coefficient (Wildman–Crippen LogP) is 5.38. The SMILES string of the molecule is COc1cc(OC)cc(C(=O)NC(=S)Nc2ccc(NC(=O)c3ccc(C(C)(C)C)cc3)cc2)c1. The van der Waals surface area contributed by atoms with Crippen molar-refractivity contribution in [3.05, 3.63) is 83.4 Å². The second kappa shape index (κ2) is 11.0. The molecule has 3 N–H and O–H groups in total. The van der Waals surface area contributed by atoms with E-state index in [1.807, 2.05) is 24.3 Å². The predicted molar refractivity (Wildman–Crippen MR) is 143 cm³/mol. The maximum Gasteiger partial charge on any atom is 0.257 e. The summed E-state index contributed by atoms with van der Waals surface area (Å²) < 4.78 is 10.4. The van der Waals surface area contributed by atoms with Gasteiger partial charge in [0.05, 0.1) is 14.2 Å². The Kier molecular flexibility index (Phi) is 8.09. The molecule has 0 saturated carbocycles. The summed E-state index contributed by atoms with van der Waals surface area (Å²) in [4.78, 5) is 25.1. The van der Waals surface area contributed by atoms with Crippen molar-refractivity contribution < 1.29 is 19.1 Å². The molecular weight excluding hydrogens is 462 g/mol. The van der Waals surface area contributed by atoms with Crippen LogP contribution in [0, 0.1) is 0 Å². The van der Waals surface area contributed by atoms with Crippen molar-refractivity contribution in [2.75, 3.05) is 24.9 Å². The standard InChI is InChI=1S/C27H29N3O4S/c1-27(2,3)19-8-6-17(7-9-19)24(31)28-20-10-12-21(13-11-20)29-26(35)30-25(32)18-14-22(33-4)16-23(15-18)34-5/h6-16H,1-5H3,(H,28,31)(H2,29,30,32,35). The van der Waals surface area contributed by atoms with Gasteiger partial charge in [0.15, 0.2) is 5.11 Å². The first-order chi connectivity index (χ1) is 16.6. The van der Waals surface area contributed by atoms with Crippen molar-refractivity contribution in [3.63, 3.8) is 0 Å². The summed E-state index contributed by atoms with van der Waals surface area (Å²) in [7, 11) is 3.02. The molecule has 0 heterocycles. The van der Waals surface area contributed by atoms with Crippen molar-refractivity contribution in [1.82, 2.24) is 5.32 Å². The first kappa shape index (κ1) is 25.7. The van der Waals surface area contributed by atoms with Crippen LogP contribution in [-0.2, 0) is 5.41 Å². The van der Waals surface area contributed by atoms with Gasteiger partial charge in [-0.3, -0.25) is 14.9 Å². The molecule has 0 aliphatic carbocycles. The number of methoxy groups -OCH3 is 2. The Morgan fingerprint density at radius 2 is 1.23 bits per heavy atom. The number of anilines is 2. The number of thiocarbonyl (C=S) groups is 1. The molecule has 3 aromatic rings. The largest absolute Gasteiger partial charge is 0.497 e. The fourth-order valence-corrected chi connectivity index (χ4v) is 3.45. The number of nitrogens with one attached hydrogen (secondary N) is 3. The molecule has 0 spiro atoms. The molecule has 3 rings (SSSR count). The molecule has 0 saturated heterocycles. The van der Waals surface area contributed by atoms with Crippen LogP contribution in [-0.4, -0.2) is 31.1 Å². The molecule has 2 amide bonds. The summed E-state index contributed by atoms with van der Waals surface area (Å²) in [6.07, 6.45) is 0. The molecule has 0 aliphatic rings. The van der Waals surface area contributed by atoms with Gasteiger partial charge in [-0.2, -0.15) is 0 Å². The normalized spacial score (nSPS) is 10.8. The second-order valence-electron chi connectivity index (χ2n) is 8.87. The van der Waals surface area contributed by atoms with Crippen LogP contribution in [0.1, 0.15) is 47.1 Å². The van der Waals surface area contributed by atoms with E-state index in [1.165, 1.54) is 14.2 Å². The summed E-state index contributed by atoms with van der Waals surface area (Å²) >= 11 is 5.26. The maximum atomic E-state index is 12.6. The van der Waals surface area contributed by atoms with Crippen molar-refractivity contribution in [2.45, 2.75) is 26.2 Å². The number of hydrogen-bond donors (Lipinski definition) is 3. The van der Waals surface area contributed by atoms with Gasteiger partial charge in [-0.25, -0.2) is 0 Å². The quantitative estimate of drug-likeness (QED) is 0.401. The molecule has 0 atom stereocenters. The monoisotopic (exact) mass is 491 g/mol.